The summed E-state index contributed by atoms with van der Waals surface area (Å²) in [6.07, 6.45) is 0.448. The van der Waals surface area contributed by atoms with E-state index in [2.05, 4.69) is 5.32 Å². The molecule has 0 saturated heterocycles. The van der Waals surface area contributed by atoms with Gasteiger partial charge in [-0.05, 0) is 42.5 Å². The third-order valence-electron chi connectivity index (χ3n) is 3.30. The second-order valence-corrected chi connectivity index (χ2v) is 5.42. The van der Waals surface area contributed by atoms with Crippen molar-refractivity contribution in [2.24, 2.45) is 0 Å². The van der Waals surface area contributed by atoms with Gasteiger partial charge in [0.1, 0.15) is 11.5 Å². The third-order valence-corrected chi connectivity index (χ3v) is 3.54. The molecule has 0 aliphatic heterocycles. The van der Waals surface area contributed by atoms with Gasteiger partial charge in [0.15, 0.2) is 12.4 Å². The summed E-state index contributed by atoms with van der Waals surface area (Å²) < 4.78 is 10.6. The van der Waals surface area contributed by atoms with Gasteiger partial charge in [0.25, 0.3) is 5.91 Å². The fourth-order valence-electron chi connectivity index (χ4n) is 2.05. The maximum atomic E-state index is 12.0. The summed E-state index contributed by atoms with van der Waals surface area (Å²) in [5.41, 5.74) is 1.10. The molecule has 24 heavy (non-hydrogen) atoms. The van der Waals surface area contributed by atoms with Crippen LogP contribution >= 0.6 is 11.6 Å². The topological polar surface area (TPSA) is 64.6 Å². The minimum absolute atomic E-state index is 0.0624. The molecule has 0 aromatic heterocycles. The van der Waals surface area contributed by atoms with Crippen LogP contribution in [-0.4, -0.2) is 25.4 Å². The van der Waals surface area contributed by atoms with Crippen LogP contribution in [0.15, 0.2) is 42.5 Å². The summed E-state index contributed by atoms with van der Waals surface area (Å²) in [6.45, 7) is 1.64. The molecule has 1 amide bonds. The van der Waals surface area contributed by atoms with Crippen LogP contribution in [0.25, 0.3) is 0 Å². The van der Waals surface area contributed by atoms with Crippen molar-refractivity contribution in [2.75, 3.05) is 19.0 Å². The van der Waals surface area contributed by atoms with Gasteiger partial charge in [-0.2, -0.15) is 0 Å². The fourth-order valence-corrected chi connectivity index (χ4v) is 2.23. The maximum absolute atomic E-state index is 12.0. The average Bonchev–Trinajstić information content (AvgIpc) is 2.60. The maximum Gasteiger partial charge on any atom is 0.262 e. The highest BCUT2D eigenvalue weighted by Crippen LogP contribution is 2.27. The quantitative estimate of drug-likeness (QED) is 0.770. The van der Waals surface area contributed by atoms with Crippen molar-refractivity contribution in [3.05, 3.63) is 53.1 Å². The Balaban J connectivity index is 1.94. The van der Waals surface area contributed by atoms with Gasteiger partial charge in [0.2, 0.25) is 0 Å². The van der Waals surface area contributed by atoms with Crippen molar-refractivity contribution in [3.63, 3.8) is 0 Å². The zero-order valence-electron chi connectivity index (χ0n) is 13.5. The summed E-state index contributed by atoms with van der Waals surface area (Å²) in [7, 11) is 1.51. The Labute approximate surface area is 145 Å². The van der Waals surface area contributed by atoms with E-state index in [1.54, 1.807) is 49.4 Å². The number of hydrogen-bond acceptors (Lipinski definition) is 4. The molecule has 0 heterocycles. The number of benzene rings is 2. The Bertz CT molecular complexity index is 728. The van der Waals surface area contributed by atoms with Crippen LogP contribution in [0.3, 0.4) is 0 Å². The minimum Gasteiger partial charge on any atom is -0.495 e. The van der Waals surface area contributed by atoms with Crippen molar-refractivity contribution >= 4 is 29.0 Å². The van der Waals surface area contributed by atoms with E-state index in [4.69, 9.17) is 21.1 Å². The van der Waals surface area contributed by atoms with Gasteiger partial charge in [0.05, 0.1) is 12.8 Å². The van der Waals surface area contributed by atoms with E-state index in [-0.39, 0.29) is 18.3 Å². The molecule has 0 saturated carbocycles. The van der Waals surface area contributed by atoms with E-state index in [1.807, 2.05) is 0 Å². The number of anilines is 1. The number of methoxy groups -OCH3 is 1. The molecule has 0 aliphatic rings. The zero-order chi connectivity index (χ0) is 17.5. The van der Waals surface area contributed by atoms with Crippen LogP contribution in [0, 0.1) is 0 Å². The van der Waals surface area contributed by atoms with Gasteiger partial charge in [0, 0.05) is 17.0 Å². The highest BCUT2D eigenvalue weighted by Gasteiger charge is 2.09. The molecule has 0 atom stereocenters. The predicted molar refractivity (Wildman–Crippen MR) is 93.2 cm³/mol. The van der Waals surface area contributed by atoms with E-state index in [0.29, 0.717) is 34.2 Å². The normalized spacial score (nSPS) is 10.1. The lowest BCUT2D eigenvalue weighted by molar-refractivity contribution is -0.118. The summed E-state index contributed by atoms with van der Waals surface area (Å²) in [5.74, 6) is 0.739. The van der Waals surface area contributed by atoms with Crippen molar-refractivity contribution in [3.8, 4) is 11.5 Å². The predicted octanol–water partition coefficient (Wildman–Crippen LogP) is 3.96. The molecular formula is C18H18ClNO4. The number of Topliss-reactive ketones (excluding diaryl/α,β-unsaturated/α-hetero) is 1. The number of amides is 1. The van der Waals surface area contributed by atoms with E-state index >= 15 is 0 Å². The SMILES string of the molecule is CCC(=O)c1ccc(OCC(=O)Nc2cc(Cl)ccc2OC)cc1. The number of halogens is 1. The molecule has 0 spiro atoms. The first-order chi connectivity index (χ1) is 11.5. The first-order valence-electron chi connectivity index (χ1n) is 7.43. The number of rotatable bonds is 7. The van der Waals surface area contributed by atoms with Crippen LogP contribution in [0.4, 0.5) is 5.69 Å². The van der Waals surface area contributed by atoms with Crippen molar-refractivity contribution in [1.82, 2.24) is 0 Å². The number of nitrogens with one attached hydrogen (secondary N) is 1. The van der Waals surface area contributed by atoms with E-state index < -0.39 is 0 Å². The zero-order valence-corrected chi connectivity index (χ0v) is 14.2. The van der Waals surface area contributed by atoms with E-state index in [9.17, 15) is 9.59 Å². The summed E-state index contributed by atoms with van der Waals surface area (Å²) in [5, 5.41) is 3.17. The largest absolute Gasteiger partial charge is 0.495 e. The number of hydrogen-bond donors (Lipinski definition) is 1. The molecule has 0 aliphatic carbocycles. The van der Waals surface area contributed by atoms with E-state index in [1.165, 1.54) is 7.11 Å². The minimum atomic E-state index is -0.343. The lowest BCUT2D eigenvalue weighted by atomic mass is 10.1. The summed E-state index contributed by atoms with van der Waals surface area (Å²) >= 11 is 5.92. The van der Waals surface area contributed by atoms with Crippen molar-refractivity contribution in [1.29, 1.82) is 0 Å². The Morgan fingerprint density at radius 1 is 1.12 bits per heavy atom. The molecule has 6 heteroatoms. The lowest BCUT2D eigenvalue weighted by Crippen LogP contribution is -2.20. The van der Waals surface area contributed by atoms with Crippen molar-refractivity contribution < 1.29 is 19.1 Å². The van der Waals surface area contributed by atoms with Gasteiger partial charge in [-0.1, -0.05) is 18.5 Å². The van der Waals surface area contributed by atoms with Gasteiger partial charge >= 0.3 is 0 Å². The highest BCUT2D eigenvalue weighted by atomic mass is 35.5. The smallest absolute Gasteiger partial charge is 0.262 e. The lowest BCUT2D eigenvalue weighted by Gasteiger charge is -2.11. The monoisotopic (exact) mass is 347 g/mol. The van der Waals surface area contributed by atoms with Crippen LogP contribution in [0.5, 0.6) is 11.5 Å². The molecule has 5 nitrogen and oxygen atoms in total. The standard InChI is InChI=1S/C18H18ClNO4/c1-3-16(21)12-4-7-14(8-5-12)24-11-18(22)20-15-10-13(19)6-9-17(15)23-2/h4-10H,3,11H2,1-2H3,(H,20,22). The second-order valence-electron chi connectivity index (χ2n) is 4.98. The summed E-state index contributed by atoms with van der Waals surface area (Å²) in [4.78, 5) is 23.6. The molecule has 1 N–H and O–H groups in total. The number of ether oxygens (including phenoxy) is 2. The molecule has 2 aromatic rings. The molecule has 2 rings (SSSR count). The highest BCUT2D eigenvalue weighted by molar-refractivity contribution is 6.31. The fraction of sp³-hybridized carbons (Fsp3) is 0.222. The van der Waals surface area contributed by atoms with Gasteiger partial charge in [-0.25, -0.2) is 0 Å². The van der Waals surface area contributed by atoms with Crippen LogP contribution < -0.4 is 14.8 Å². The Morgan fingerprint density at radius 2 is 1.83 bits per heavy atom. The van der Waals surface area contributed by atoms with Gasteiger partial charge < -0.3 is 14.8 Å². The number of carbonyl (C=O) groups excluding carboxylic acids is 2. The van der Waals surface area contributed by atoms with Crippen LogP contribution in [-0.2, 0) is 4.79 Å². The second kappa shape index (κ2) is 8.36. The van der Waals surface area contributed by atoms with Gasteiger partial charge in [-0.3, -0.25) is 9.59 Å². The Kier molecular flexibility index (Phi) is 6.21. The first-order valence-corrected chi connectivity index (χ1v) is 7.80. The first kappa shape index (κ1) is 17.8. The molecule has 0 fully saturated rings. The number of carbonyl (C=O) groups is 2. The third kappa shape index (κ3) is 4.73. The van der Waals surface area contributed by atoms with E-state index in [0.717, 1.165) is 0 Å². The Hall–Kier alpha value is -2.53. The molecule has 0 bridgehead atoms. The molecule has 126 valence electrons. The van der Waals surface area contributed by atoms with Crippen LogP contribution in [0.2, 0.25) is 5.02 Å². The van der Waals surface area contributed by atoms with Crippen molar-refractivity contribution in [2.45, 2.75) is 13.3 Å². The molecule has 0 radical (unpaired) electrons. The molecule has 0 unspecified atom stereocenters. The number of ketones is 1. The average molecular weight is 348 g/mol. The van der Waals surface area contributed by atoms with Crippen LogP contribution in [0.1, 0.15) is 23.7 Å². The summed E-state index contributed by atoms with van der Waals surface area (Å²) in [6, 6.07) is 11.6. The molecule has 2 aromatic carbocycles. The van der Waals surface area contributed by atoms with Gasteiger partial charge in [-0.15, -0.1) is 0 Å². The molecular weight excluding hydrogens is 330 g/mol. The Morgan fingerprint density at radius 3 is 2.46 bits per heavy atom.